The molecule has 228 valence electrons. The summed E-state index contributed by atoms with van der Waals surface area (Å²) in [6.45, 7) is 6.57. The fraction of sp³-hybridized carbons (Fsp3) is 0.438. The maximum atomic E-state index is 13.2. The van der Waals surface area contributed by atoms with Crippen molar-refractivity contribution < 1.29 is 27.1 Å². The van der Waals surface area contributed by atoms with E-state index in [0.29, 0.717) is 49.7 Å². The number of halogens is 3. The fourth-order valence-electron chi connectivity index (χ4n) is 6.06. The number of carbonyl (C=O) groups excluding carboxylic acids is 1. The summed E-state index contributed by atoms with van der Waals surface area (Å²) in [6, 6.07) is 11.3. The predicted octanol–water partition coefficient (Wildman–Crippen LogP) is 5.00. The second-order valence-electron chi connectivity index (χ2n) is 11.5. The first-order valence-electron chi connectivity index (χ1n) is 14.7. The van der Waals surface area contributed by atoms with Gasteiger partial charge in [-0.25, -0.2) is 4.98 Å². The number of hydrogen-bond donors (Lipinski definition) is 1. The smallest absolute Gasteiger partial charge is 0.416 e. The SMILES string of the molecule is COC1=CC=C(CN2CCC(c3ccc4oc(C(=O)N5CCN(Cc6ccc(C(F)(F)F)cc6)CC5)nc4c3)CC2)CN1. The molecule has 8 nitrogen and oxygen atoms in total. The summed E-state index contributed by atoms with van der Waals surface area (Å²) < 4.78 is 49.6. The molecule has 1 amide bonds. The molecule has 0 atom stereocenters. The third kappa shape index (κ3) is 6.88. The van der Waals surface area contributed by atoms with Crippen LogP contribution in [0.2, 0.25) is 0 Å². The minimum Gasteiger partial charge on any atom is -0.483 e. The molecule has 0 unspecified atom stereocenters. The van der Waals surface area contributed by atoms with Gasteiger partial charge in [0.2, 0.25) is 0 Å². The molecule has 2 saturated heterocycles. The summed E-state index contributed by atoms with van der Waals surface area (Å²) in [7, 11) is 1.67. The van der Waals surface area contributed by atoms with Crippen LogP contribution in [0.1, 0.15) is 46.1 Å². The van der Waals surface area contributed by atoms with Gasteiger partial charge in [0.25, 0.3) is 5.89 Å². The van der Waals surface area contributed by atoms with Gasteiger partial charge in [-0.3, -0.25) is 14.6 Å². The highest BCUT2D eigenvalue weighted by molar-refractivity contribution is 5.92. The number of allylic oxidation sites excluding steroid dienone is 2. The Morgan fingerprint density at radius 2 is 1.70 bits per heavy atom. The Kier molecular flexibility index (Phi) is 8.45. The number of benzene rings is 2. The molecule has 4 heterocycles. The monoisotopic (exact) mass is 595 g/mol. The van der Waals surface area contributed by atoms with Crippen molar-refractivity contribution in [2.45, 2.75) is 31.5 Å². The van der Waals surface area contributed by atoms with E-state index in [1.807, 2.05) is 12.1 Å². The zero-order valence-electron chi connectivity index (χ0n) is 24.2. The van der Waals surface area contributed by atoms with E-state index in [2.05, 4.69) is 38.3 Å². The van der Waals surface area contributed by atoms with Crippen molar-refractivity contribution in [3.05, 3.63) is 88.7 Å². The van der Waals surface area contributed by atoms with Crippen molar-refractivity contribution >= 4 is 17.0 Å². The Balaban J connectivity index is 1.01. The molecule has 0 saturated carbocycles. The largest absolute Gasteiger partial charge is 0.483 e. The maximum absolute atomic E-state index is 13.2. The minimum absolute atomic E-state index is 0.0956. The molecule has 2 aromatic carbocycles. The van der Waals surface area contributed by atoms with Crippen LogP contribution in [-0.2, 0) is 17.5 Å². The number of hydrogen-bond acceptors (Lipinski definition) is 7. The van der Waals surface area contributed by atoms with E-state index in [1.165, 1.54) is 23.3 Å². The van der Waals surface area contributed by atoms with Crippen molar-refractivity contribution in [1.82, 2.24) is 25.0 Å². The number of piperidine rings is 1. The van der Waals surface area contributed by atoms with Crippen molar-refractivity contribution in [2.24, 2.45) is 0 Å². The number of alkyl halides is 3. The predicted molar refractivity (Wildman–Crippen MR) is 156 cm³/mol. The highest BCUT2D eigenvalue weighted by atomic mass is 19.4. The second-order valence-corrected chi connectivity index (χ2v) is 11.5. The average Bonchev–Trinajstić information content (AvgIpc) is 3.45. The molecule has 43 heavy (non-hydrogen) atoms. The van der Waals surface area contributed by atoms with Gasteiger partial charge in [0.15, 0.2) is 11.5 Å². The van der Waals surface area contributed by atoms with Crippen LogP contribution < -0.4 is 5.32 Å². The van der Waals surface area contributed by atoms with Crippen molar-refractivity contribution in [2.75, 3.05) is 59.5 Å². The molecule has 1 N–H and O–H groups in total. The van der Waals surface area contributed by atoms with Crippen molar-refractivity contribution in [1.29, 1.82) is 0 Å². The average molecular weight is 596 g/mol. The summed E-state index contributed by atoms with van der Waals surface area (Å²) >= 11 is 0. The Morgan fingerprint density at radius 3 is 2.35 bits per heavy atom. The Morgan fingerprint density at radius 1 is 0.977 bits per heavy atom. The number of fused-ring (bicyclic) bond motifs is 1. The number of amides is 1. The Bertz CT molecular complexity index is 1500. The van der Waals surface area contributed by atoms with Gasteiger partial charge >= 0.3 is 12.1 Å². The van der Waals surface area contributed by atoms with Crippen LogP contribution in [0.25, 0.3) is 11.1 Å². The molecule has 11 heteroatoms. The molecule has 3 aliphatic heterocycles. The zero-order chi connectivity index (χ0) is 30.0. The van der Waals surface area contributed by atoms with Crippen LogP contribution in [0.4, 0.5) is 13.2 Å². The molecule has 1 aromatic heterocycles. The van der Waals surface area contributed by atoms with Gasteiger partial charge < -0.3 is 19.4 Å². The number of nitrogens with zero attached hydrogens (tertiary/aromatic N) is 4. The molecule has 6 rings (SSSR count). The zero-order valence-corrected chi connectivity index (χ0v) is 24.2. The first-order valence-corrected chi connectivity index (χ1v) is 14.7. The number of dihydropyridines is 1. The van der Waals surface area contributed by atoms with Gasteiger partial charge in [-0.2, -0.15) is 13.2 Å². The lowest BCUT2D eigenvalue weighted by molar-refractivity contribution is -0.137. The summed E-state index contributed by atoms with van der Waals surface area (Å²) in [5.74, 6) is 1.10. The van der Waals surface area contributed by atoms with Gasteiger partial charge in [0.05, 0.1) is 12.7 Å². The van der Waals surface area contributed by atoms with Crippen LogP contribution in [0.15, 0.2) is 70.5 Å². The van der Waals surface area contributed by atoms with E-state index >= 15 is 0 Å². The summed E-state index contributed by atoms with van der Waals surface area (Å²) in [4.78, 5) is 24.1. The minimum atomic E-state index is -4.34. The van der Waals surface area contributed by atoms with E-state index in [0.717, 1.165) is 62.6 Å². The molecule has 0 radical (unpaired) electrons. The standard InChI is InChI=1S/C32H36F3N5O3/c1-42-29-9-4-23(19-36-29)21-38-12-10-24(11-13-38)25-5-8-28-27(18-25)37-30(43-28)31(41)40-16-14-39(15-17-40)20-22-2-6-26(7-3-22)32(33,34)35/h2-9,18,24,36H,10-17,19-21H2,1H3. The lowest BCUT2D eigenvalue weighted by Gasteiger charge is -2.34. The van der Waals surface area contributed by atoms with E-state index in [1.54, 1.807) is 12.0 Å². The molecular weight excluding hydrogens is 559 g/mol. The van der Waals surface area contributed by atoms with Crippen molar-refractivity contribution in [3.63, 3.8) is 0 Å². The maximum Gasteiger partial charge on any atom is 0.416 e. The van der Waals surface area contributed by atoms with Gasteiger partial charge in [-0.05, 0) is 78.9 Å². The van der Waals surface area contributed by atoms with Crippen LogP contribution in [0, 0.1) is 0 Å². The number of oxazole rings is 1. The van der Waals surface area contributed by atoms with E-state index < -0.39 is 11.7 Å². The molecular formula is C32H36F3N5O3. The van der Waals surface area contributed by atoms with Gasteiger partial charge in [0, 0.05) is 45.8 Å². The highest BCUT2D eigenvalue weighted by Gasteiger charge is 2.30. The molecule has 2 fully saturated rings. The van der Waals surface area contributed by atoms with Crippen LogP contribution >= 0.6 is 0 Å². The first kappa shape index (κ1) is 29.3. The first-order chi connectivity index (χ1) is 20.7. The number of rotatable bonds is 7. The van der Waals surface area contributed by atoms with Gasteiger partial charge in [-0.15, -0.1) is 0 Å². The summed E-state index contributed by atoms with van der Waals surface area (Å²) in [6.07, 6.45) is 1.90. The van der Waals surface area contributed by atoms with Crippen molar-refractivity contribution in [3.8, 4) is 0 Å². The lowest BCUT2D eigenvalue weighted by Crippen LogP contribution is -2.48. The number of nitrogens with one attached hydrogen (secondary N) is 1. The highest BCUT2D eigenvalue weighted by Crippen LogP contribution is 2.31. The van der Waals surface area contributed by atoms with Crippen LogP contribution in [0.5, 0.6) is 0 Å². The molecule has 0 aliphatic carbocycles. The molecule has 3 aromatic rings. The van der Waals surface area contributed by atoms with Crippen LogP contribution in [0.3, 0.4) is 0 Å². The number of ether oxygens (including phenoxy) is 1. The molecule has 0 bridgehead atoms. The van der Waals surface area contributed by atoms with E-state index in [-0.39, 0.29) is 11.8 Å². The lowest BCUT2D eigenvalue weighted by atomic mass is 9.89. The van der Waals surface area contributed by atoms with Crippen LogP contribution in [-0.4, -0.2) is 85.1 Å². The van der Waals surface area contributed by atoms with Gasteiger partial charge in [0.1, 0.15) is 5.52 Å². The number of piperazine rings is 1. The topological polar surface area (TPSA) is 74.1 Å². The normalized spacial score (nSPS) is 19.2. The van der Waals surface area contributed by atoms with E-state index in [4.69, 9.17) is 9.15 Å². The number of methoxy groups -OCH3 is 1. The third-order valence-corrected chi connectivity index (χ3v) is 8.61. The number of carbonyl (C=O) groups is 1. The Labute approximate surface area is 248 Å². The fourth-order valence-corrected chi connectivity index (χ4v) is 6.06. The number of likely N-dealkylation sites (tertiary alicyclic amines) is 1. The summed E-state index contributed by atoms with van der Waals surface area (Å²) in [5.41, 5.74) is 4.03. The third-order valence-electron chi connectivity index (χ3n) is 8.61. The number of aromatic nitrogens is 1. The second kappa shape index (κ2) is 12.4. The summed E-state index contributed by atoms with van der Waals surface area (Å²) in [5, 5.41) is 3.28. The molecule has 0 spiro atoms. The Hall–Kier alpha value is -3.83. The molecule has 3 aliphatic rings. The quantitative estimate of drug-likeness (QED) is 0.412. The van der Waals surface area contributed by atoms with E-state index in [9.17, 15) is 18.0 Å². The van der Waals surface area contributed by atoms with Gasteiger partial charge in [-0.1, -0.05) is 24.3 Å².